The number of hydrogen-bond acceptors (Lipinski definition) is 3. The van der Waals surface area contributed by atoms with Crippen LogP contribution in [0.2, 0.25) is 0 Å². The summed E-state index contributed by atoms with van der Waals surface area (Å²) in [5.74, 6) is -0.345. The van der Waals surface area contributed by atoms with Crippen LogP contribution in [0.1, 0.15) is 45.4 Å². The maximum absolute atomic E-state index is 11.2. The Bertz CT molecular complexity index is 223. The minimum atomic E-state index is -0.507. The monoisotopic (exact) mass is 212 g/mol. The molecule has 3 heteroatoms. The first kappa shape index (κ1) is 12.2. The second-order valence-corrected chi connectivity index (χ2v) is 4.17. The Morgan fingerprint density at radius 3 is 2.67 bits per heavy atom. The number of carbonyl (C=O) groups excluding carboxylic acids is 1. The topological polar surface area (TPSA) is 46.5 Å². The first-order valence-corrected chi connectivity index (χ1v) is 5.75. The molecule has 0 unspecified atom stereocenters. The van der Waals surface area contributed by atoms with Gasteiger partial charge in [0.2, 0.25) is 0 Å². The smallest absolute Gasteiger partial charge is 0.330 e. The van der Waals surface area contributed by atoms with E-state index in [-0.39, 0.29) is 12.1 Å². The number of ether oxygens (including phenoxy) is 1. The highest BCUT2D eigenvalue weighted by Gasteiger charge is 2.08. The lowest BCUT2D eigenvalue weighted by atomic mass is 10.1. The van der Waals surface area contributed by atoms with Gasteiger partial charge in [0.1, 0.15) is 0 Å². The van der Waals surface area contributed by atoms with Crippen LogP contribution >= 0.6 is 0 Å². The lowest BCUT2D eigenvalue weighted by molar-refractivity contribution is -0.142. The Kier molecular flexibility index (Phi) is 5.40. The second-order valence-electron chi connectivity index (χ2n) is 4.17. The van der Waals surface area contributed by atoms with Gasteiger partial charge in [-0.05, 0) is 32.3 Å². The lowest BCUT2D eigenvalue weighted by Crippen LogP contribution is -2.14. The van der Waals surface area contributed by atoms with Crippen LogP contribution in [-0.4, -0.2) is 23.3 Å². The van der Waals surface area contributed by atoms with E-state index >= 15 is 0 Å². The van der Waals surface area contributed by atoms with Crippen LogP contribution in [0.15, 0.2) is 12.2 Å². The van der Waals surface area contributed by atoms with Crippen LogP contribution in [-0.2, 0) is 9.53 Å². The van der Waals surface area contributed by atoms with Gasteiger partial charge in [0.05, 0.1) is 12.2 Å². The minimum absolute atomic E-state index is 0.0151. The normalized spacial score (nSPS) is 32.3. The predicted octanol–water partition coefficient (Wildman–Crippen LogP) is 2.19. The van der Waals surface area contributed by atoms with Gasteiger partial charge in [-0.2, -0.15) is 0 Å². The maximum Gasteiger partial charge on any atom is 0.330 e. The average molecular weight is 212 g/mol. The van der Waals surface area contributed by atoms with E-state index in [1.54, 1.807) is 0 Å². The number of hydrogen-bond donors (Lipinski definition) is 1. The molecule has 0 saturated carbocycles. The van der Waals surface area contributed by atoms with Crippen molar-refractivity contribution in [3.05, 3.63) is 12.2 Å². The Labute approximate surface area is 91.1 Å². The van der Waals surface area contributed by atoms with Gasteiger partial charge in [0.25, 0.3) is 0 Å². The van der Waals surface area contributed by atoms with E-state index in [1.807, 2.05) is 6.92 Å². The lowest BCUT2D eigenvalue weighted by Gasteiger charge is -2.13. The molecule has 1 aliphatic heterocycles. The van der Waals surface area contributed by atoms with Crippen LogP contribution < -0.4 is 0 Å². The van der Waals surface area contributed by atoms with Gasteiger partial charge in [-0.3, -0.25) is 0 Å². The van der Waals surface area contributed by atoms with Crippen LogP contribution in [0.3, 0.4) is 0 Å². The van der Waals surface area contributed by atoms with Crippen molar-refractivity contribution in [1.82, 2.24) is 0 Å². The number of aliphatic hydroxyl groups is 1. The molecule has 1 aliphatic rings. The molecule has 0 amide bonds. The fraction of sp³-hybridized carbons (Fsp3) is 0.750. The molecule has 0 radical (unpaired) electrons. The minimum Gasteiger partial charge on any atom is -0.460 e. The summed E-state index contributed by atoms with van der Waals surface area (Å²) in [6.45, 7) is 1.91. The molecule has 1 heterocycles. The average Bonchev–Trinajstić information content (AvgIpc) is 2.18. The molecule has 0 saturated heterocycles. The van der Waals surface area contributed by atoms with Gasteiger partial charge in [0, 0.05) is 6.08 Å². The summed E-state index contributed by atoms with van der Waals surface area (Å²) in [6, 6.07) is 0. The third kappa shape index (κ3) is 5.57. The summed E-state index contributed by atoms with van der Waals surface area (Å²) >= 11 is 0. The molecule has 0 bridgehead atoms. The van der Waals surface area contributed by atoms with Gasteiger partial charge in [-0.15, -0.1) is 0 Å². The third-order valence-electron chi connectivity index (χ3n) is 2.63. The molecule has 15 heavy (non-hydrogen) atoms. The van der Waals surface area contributed by atoms with E-state index in [4.69, 9.17) is 4.74 Å². The van der Waals surface area contributed by atoms with Crippen molar-refractivity contribution in [3.8, 4) is 0 Å². The molecule has 86 valence electrons. The summed E-state index contributed by atoms with van der Waals surface area (Å²) in [7, 11) is 0. The zero-order chi connectivity index (χ0) is 11.1. The zero-order valence-electron chi connectivity index (χ0n) is 9.32. The Balaban J connectivity index is 2.48. The molecule has 1 rings (SSSR count). The molecular weight excluding hydrogens is 192 g/mol. The van der Waals surface area contributed by atoms with Crippen molar-refractivity contribution in [1.29, 1.82) is 0 Å². The van der Waals surface area contributed by atoms with E-state index in [2.05, 4.69) is 0 Å². The molecule has 2 atom stereocenters. The highest BCUT2D eigenvalue weighted by molar-refractivity contribution is 5.82. The fourth-order valence-corrected chi connectivity index (χ4v) is 1.72. The van der Waals surface area contributed by atoms with Crippen molar-refractivity contribution >= 4 is 5.97 Å². The molecular formula is C12H20O3. The molecule has 0 aromatic carbocycles. The van der Waals surface area contributed by atoms with E-state index in [0.717, 1.165) is 38.5 Å². The summed E-state index contributed by atoms with van der Waals surface area (Å²) in [5, 5.41) is 9.48. The van der Waals surface area contributed by atoms with Crippen molar-refractivity contribution in [2.24, 2.45) is 0 Å². The standard InChI is InChI=1S/C12H20O3/c1-10-6-4-2-3-5-7-11(13)8-9-12(14)15-10/h8-11,13H,2-7H2,1H3/b9-8+/t10-,11+/m0/s1. The number of rotatable bonds is 0. The molecule has 0 aromatic heterocycles. The summed E-state index contributed by atoms with van der Waals surface area (Å²) in [5.41, 5.74) is 0. The summed E-state index contributed by atoms with van der Waals surface area (Å²) in [4.78, 5) is 11.2. The van der Waals surface area contributed by atoms with Crippen LogP contribution in [0.25, 0.3) is 0 Å². The van der Waals surface area contributed by atoms with Crippen LogP contribution in [0.5, 0.6) is 0 Å². The van der Waals surface area contributed by atoms with Crippen molar-refractivity contribution in [2.45, 2.75) is 57.7 Å². The quantitative estimate of drug-likeness (QED) is 0.626. The SMILES string of the molecule is C[C@H]1CCCCCC[C@@H](O)/C=C/C(=O)O1. The second kappa shape index (κ2) is 6.62. The number of esters is 1. The summed E-state index contributed by atoms with van der Waals surface area (Å²) in [6.07, 6.45) is 8.42. The summed E-state index contributed by atoms with van der Waals surface area (Å²) < 4.78 is 5.13. The maximum atomic E-state index is 11.2. The molecule has 0 fully saturated rings. The Morgan fingerprint density at radius 1 is 1.27 bits per heavy atom. The van der Waals surface area contributed by atoms with Gasteiger partial charge in [-0.1, -0.05) is 19.3 Å². The Hall–Kier alpha value is -0.830. The van der Waals surface area contributed by atoms with Crippen LogP contribution in [0, 0.1) is 0 Å². The van der Waals surface area contributed by atoms with E-state index in [1.165, 1.54) is 12.2 Å². The van der Waals surface area contributed by atoms with Crippen molar-refractivity contribution in [2.75, 3.05) is 0 Å². The number of carbonyl (C=O) groups is 1. The first-order chi connectivity index (χ1) is 7.18. The highest BCUT2D eigenvalue weighted by atomic mass is 16.5. The molecule has 0 spiro atoms. The van der Waals surface area contributed by atoms with E-state index < -0.39 is 6.10 Å². The highest BCUT2D eigenvalue weighted by Crippen LogP contribution is 2.12. The Morgan fingerprint density at radius 2 is 1.93 bits per heavy atom. The van der Waals surface area contributed by atoms with Crippen molar-refractivity contribution < 1.29 is 14.6 Å². The van der Waals surface area contributed by atoms with Crippen molar-refractivity contribution in [3.63, 3.8) is 0 Å². The molecule has 0 aliphatic carbocycles. The number of aliphatic hydroxyl groups excluding tert-OH is 1. The van der Waals surface area contributed by atoms with E-state index in [9.17, 15) is 9.90 Å². The van der Waals surface area contributed by atoms with Gasteiger partial charge in [-0.25, -0.2) is 4.79 Å². The van der Waals surface area contributed by atoms with Gasteiger partial charge in [0.15, 0.2) is 0 Å². The molecule has 1 N–H and O–H groups in total. The number of cyclic esters (lactones) is 1. The van der Waals surface area contributed by atoms with Gasteiger partial charge < -0.3 is 9.84 Å². The largest absolute Gasteiger partial charge is 0.460 e. The first-order valence-electron chi connectivity index (χ1n) is 5.75. The predicted molar refractivity (Wildman–Crippen MR) is 58.4 cm³/mol. The fourth-order valence-electron chi connectivity index (χ4n) is 1.72. The molecule has 3 nitrogen and oxygen atoms in total. The zero-order valence-corrected chi connectivity index (χ0v) is 9.32. The van der Waals surface area contributed by atoms with Crippen LogP contribution in [0.4, 0.5) is 0 Å². The molecule has 0 aromatic rings. The van der Waals surface area contributed by atoms with E-state index in [0.29, 0.717) is 0 Å². The third-order valence-corrected chi connectivity index (χ3v) is 2.63. The van der Waals surface area contributed by atoms with Gasteiger partial charge >= 0.3 is 5.97 Å².